The van der Waals surface area contributed by atoms with E-state index in [-0.39, 0.29) is 6.10 Å². The van der Waals surface area contributed by atoms with Crippen molar-refractivity contribution < 1.29 is 4.74 Å². The summed E-state index contributed by atoms with van der Waals surface area (Å²) in [5, 5.41) is 3.70. The Morgan fingerprint density at radius 1 is 1.10 bits per heavy atom. The third-order valence-electron chi connectivity index (χ3n) is 3.41. The fraction of sp³-hybridized carbons (Fsp3) is 0.667. The van der Waals surface area contributed by atoms with Gasteiger partial charge in [0.2, 0.25) is 0 Å². The van der Waals surface area contributed by atoms with Crippen LogP contribution in [-0.4, -0.2) is 12.1 Å². The van der Waals surface area contributed by atoms with E-state index in [9.17, 15) is 0 Å². The molecule has 0 saturated heterocycles. The first-order valence-corrected chi connectivity index (χ1v) is 8.14. The fourth-order valence-electron chi connectivity index (χ4n) is 2.41. The summed E-state index contributed by atoms with van der Waals surface area (Å²) in [4.78, 5) is 0. The van der Waals surface area contributed by atoms with Gasteiger partial charge in [-0.3, -0.25) is 0 Å². The van der Waals surface area contributed by atoms with Gasteiger partial charge in [0.15, 0.2) is 0 Å². The van der Waals surface area contributed by atoms with Crippen molar-refractivity contribution in [3.05, 3.63) is 29.8 Å². The molecule has 1 N–H and O–H groups in total. The maximum absolute atomic E-state index is 5.75. The molecule has 2 nitrogen and oxygen atoms in total. The van der Waals surface area contributed by atoms with Crippen molar-refractivity contribution in [2.24, 2.45) is 0 Å². The van der Waals surface area contributed by atoms with Crippen LogP contribution in [0.2, 0.25) is 0 Å². The van der Waals surface area contributed by atoms with Crippen LogP contribution in [0.15, 0.2) is 24.3 Å². The average molecular weight is 277 g/mol. The molecule has 1 unspecified atom stereocenters. The van der Waals surface area contributed by atoms with Crippen LogP contribution in [-0.2, 0) is 6.54 Å². The Bertz CT molecular complexity index is 362. The van der Waals surface area contributed by atoms with Gasteiger partial charge in [-0.25, -0.2) is 0 Å². The van der Waals surface area contributed by atoms with Crippen LogP contribution in [0.4, 0.5) is 0 Å². The van der Waals surface area contributed by atoms with Gasteiger partial charge >= 0.3 is 0 Å². The maximum atomic E-state index is 5.75. The number of benzene rings is 1. The van der Waals surface area contributed by atoms with E-state index >= 15 is 0 Å². The Hall–Kier alpha value is -1.02. The molecule has 2 heteroatoms. The summed E-state index contributed by atoms with van der Waals surface area (Å²) in [5.74, 6) is 0.972. The van der Waals surface area contributed by atoms with Crippen LogP contribution in [0.5, 0.6) is 5.75 Å². The van der Waals surface area contributed by atoms with E-state index in [2.05, 4.69) is 51.2 Å². The summed E-state index contributed by atoms with van der Waals surface area (Å²) in [7, 11) is 0. The van der Waals surface area contributed by atoms with Gasteiger partial charge in [-0.15, -0.1) is 0 Å². The molecule has 0 bridgehead atoms. The van der Waals surface area contributed by atoms with Crippen molar-refractivity contribution in [2.75, 3.05) is 0 Å². The summed E-state index contributed by atoms with van der Waals surface area (Å²) in [5.41, 5.74) is 1.31. The van der Waals surface area contributed by atoms with Gasteiger partial charge in [0, 0.05) is 12.6 Å². The van der Waals surface area contributed by atoms with E-state index < -0.39 is 0 Å². The van der Waals surface area contributed by atoms with Crippen LogP contribution in [0.25, 0.3) is 0 Å². The monoisotopic (exact) mass is 277 g/mol. The van der Waals surface area contributed by atoms with Crippen LogP contribution >= 0.6 is 0 Å². The van der Waals surface area contributed by atoms with Crippen molar-refractivity contribution in [3.8, 4) is 5.75 Å². The SMILES string of the molecule is CCCCC(CCC)NCc1cccc(OC(C)C)c1. The molecular weight excluding hydrogens is 246 g/mol. The number of unbranched alkanes of at least 4 members (excludes halogenated alkanes) is 1. The molecule has 1 aromatic rings. The second-order valence-electron chi connectivity index (χ2n) is 5.82. The van der Waals surface area contributed by atoms with Crippen LogP contribution in [0.1, 0.15) is 65.4 Å². The smallest absolute Gasteiger partial charge is 0.120 e. The quantitative estimate of drug-likeness (QED) is 0.655. The average Bonchev–Trinajstić information content (AvgIpc) is 2.41. The van der Waals surface area contributed by atoms with Gasteiger partial charge in [-0.05, 0) is 44.4 Å². The zero-order valence-corrected chi connectivity index (χ0v) is 13.6. The lowest BCUT2D eigenvalue weighted by atomic mass is 10.0. The Morgan fingerprint density at radius 2 is 1.90 bits per heavy atom. The summed E-state index contributed by atoms with van der Waals surface area (Å²) in [6, 6.07) is 9.08. The number of hydrogen-bond donors (Lipinski definition) is 1. The van der Waals surface area contributed by atoms with Gasteiger partial charge in [0.1, 0.15) is 5.75 Å². The van der Waals surface area contributed by atoms with Crippen molar-refractivity contribution in [1.29, 1.82) is 0 Å². The van der Waals surface area contributed by atoms with Crippen molar-refractivity contribution >= 4 is 0 Å². The molecule has 1 rings (SSSR count). The molecule has 0 aliphatic rings. The fourth-order valence-corrected chi connectivity index (χ4v) is 2.41. The minimum atomic E-state index is 0.232. The number of ether oxygens (including phenoxy) is 1. The minimum absolute atomic E-state index is 0.232. The number of rotatable bonds is 10. The van der Waals surface area contributed by atoms with E-state index in [1.165, 1.54) is 37.7 Å². The molecule has 114 valence electrons. The van der Waals surface area contributed by atoms with Crippen LogP contribution < -0.4 is 10.1 Å². The number of hydrogen-bond acceptors (Lipinski definition) is 2. The third-order valence-corrected chi connectivity index (χ3v) is 3.41. The molecule has 0 saturated carbocycles. The Labute approximate surface area is 124 Å². The zero-order valence-electron chi connectivity index (χ0n) is 13.6. The van der Waals surface area contributed by atoms with Gasteiger partial charge in [-0.2, -0.15) is 0 Å². The summed E-state index contributed by atoms with van der Waals surface area (Å²) in [6.45, 7) is 9.58. The molecule has 20 heavy (non-hydrogen) atoms. The normalized spacial score (nSPS) is 12.7. The summed E-state index contributed by atoms with van der Waals surface area (Å²) in [6.07, 6.45) is 6.62. The molecule has 1 atom stereocenters. The highest BCUT2D eigenvalue weighted by Crippen LogP contribution is 2.15. The topological polar surface area (TPSA) is 21.3 Å². The highest BCUT2D eigenvalue weighted by atomic mass is 16.5. The second kappa shape index (κ2) is 9.82. The summed E-state index contributed by atoms with van der Waals surface area (Å²) < 4.78 is 5.75. The molecule has 0 amide bonds. The lowest BCUT2D eigenvalue weighted by Gasteiger charge is -2.18. The van der Waals surface area contributed by atoms with Crippen LogP contribution in [0.3, 0.4) is 0 Å². The summed E-state index contributed by atoms with van der Waals surface area (Å²) >= 11 is 0. The van der Waals surface area contributed by atoms with E-state index in [1.807, 2.05) is 6.07 Å². The highest BCUT2D eigenvalue weighted by molar-refractivity contribution is 5.28. The lowest BCUT2D eigenvalue weighted by molar-refractivity contribution is 0.242. The van der Waals surface area contributed by atoms with Crippen molar-refractivity contribution in [3.63, 3.8) is 0 Å². The number of nitrogens with one attached hydrogen (secondary N) is 1. The van der Waals surface area contributed by atoms with Gasteiger partial charge in [-0.1, -0.05) is 45.2 Å². The molecule has 0 aliphatic carbocycles. The van der Waals surface area contributed by atoms with Crippen molar-refractivity contribution in [1.82, 2.24) is 5.32 Å². The molecule has 0 fully saturated rings. The first-order valence-electron chi connectivity index (χ1n) is 8.14. The van der Waals surface area contributed by atoms with E-state index in [0.29, 0.717) is 6.04 Å². The maximum Gasteiger partial charge on any atom is 0.120 e. The van der Waals surface area contributed by atoms with Crippen LogP contribution in [0, 0.1) is 0 Å². The van der Waals surface area contributed by atoms with Gasteiger partial charge < -0.3 is 10.1 Å². The molecule has 1 aromatic carbocycles. The first-order chi connectivity index (χ1) is 9.65. The highest BCUT2D eigenvalue weighted by Gasteiger charge is 2.07. The second-order valence-corrected chi connectivity index (χ2v) is 5.82. The molecule has 0 heterocycles. The first kappa shape index (κ1) is 17.0. The molecule has 0 aliphatic heterocycles. The van der Waals surface area contributed by atoms with E-state index in [4.69, 9.17) is 4.74 Å². The largest absolute Gasteiger partial charge is 0.491 e. The predicted octanol–water partition coefficient (Wildman–Crippen LogP) is 4.92. The molecule has 0 spiro atoms. The minimum Gasteiger partial charge on any atom is -0.491 e. The zero-order chi connectivity index (χ0) is 14.8. The van der Waals surface area contributed by atoms with Gasteiger partial charge in [0.05, 0.1) is 6.10 Å². The lowest BCUT2D eigenvalue weighted by Crippen LogP contribution is -2.28. The molecular formula is C18H31NO. The van der Waals surface area contributed by atoms with Crippen molar-refractivity contribution in [2.45, 2.75) is 78.5 Å². The standard InChI is InChI=1S/C18H31NO/c1-5-7-11-17(9-6-2)19-14-16-10-8-12-18(13-16)20-15(3)4/h8,10,12-13,15,17,19H,5-7,9,11,14H2,1-4H3. The Kier molecular flexibility index (Phi) is 8.36. The van der Waals surface area contributed by atoms with Gasteiger partial charge in [0.25, 0.3) is 0 Å². The predicted molar refractivity (Wildman–Crippen MR) is 87.3 cm³/mol. The van der Waals surface area contributed by atoms with E-state index in [0.717, 1.165) is 12.3 Å². The van der Waals surface area contributed by atoms with E-state index in [1.54, 1.807) is 0 Å². The Balaban J connectivity index is 2.49. The third kappa shape index (κ3) is 6.95. The Morgan fingerprint density at radius 3 is 2.55 bits per heavy atom. The molecule has 0 aromatic heterocycles. The molecule has 0 radical (unpaired) electrons.